The van der Waals surface area contributed by atoms with Gasteiger partial charge in [-0.2, -0.15) is 0 Å². The minimum Gasteiger partial charge on any atom is -0.370 e. The molecule has 1 heterocycles. The van der Waals surface area contributed by atoms with Gasteiger partial charge < -0.3 is 15.0 Å². The highest BCUT2D eigenvalue weighted by Gasteiger charge is 2.15. The number of halogens is 1. The molecule has 1 aliphatic rings. The molecular formula is C21H24ClN2O2+. The lowest BCUT2D eigenvalue weighted by atomic mass is 10.1. The van der Waals surface area contributed by atoms with Crippen molar-refractivity contribution in [2.45, 2.75) is 13.1 Å². The van der Waals surface area contributed by atoms with Gasteiger partial charge in [0.1, 0.15) is 19.6 Å². The van der Waals surface area contributed by atoms with E-state index in [1.807, 2.05) is 30.3 Å². The second-order valence-electron chi connectivity index (χ2n) is 6.38. The molecule has 1 saturated heterocycles. The third-order valence-corrected chi connectivity index (χ3v) is 4.88. The lowest BCUT2D eigenvalue weighted by molar-refractivity contribution is -0.921. The van der Waals surface area contributed by atoms with Crippen molar-refractivity contribution in [2.24, 2.45) is 0 Å². The number of carbonyl (C=O) groups excluding carboxylic acids is 1. The quantitative estimate of drug-likeness (QED) is 0.763. The molecule has 2 aromatic rings. The summed E-state index contributed by atoms with van der Waals surface area (Å²) in [7, 11) is 0. The fourth-order valence-corrected chi connectivity index (χ4v) is 3.22. The molecule has 0 bridgehead atoms. The summed E-state index contributed by atoms with van der Waals surface area (Å²) in [6, 6.07) is 15.7. The number of carbonyl (C=O) groups is 1. The molecular weight excluding hydrogens is 348 g/mol. The fourth-order valence-electron chi connectivity index (χ4n) is 3.03. The number of hydrogen-bond acceptors (Lipinski definition) is 2. The van der Waals surface area contributed by atoms with Gasteiger partial charge in [-0.15, -0.1) is 0 Å². The number of amides is 1. The van der Waals surface area contributed by atoms with Gasteiger partial charge in [-0.3, -0.25) is 4.79 Å². The average Bonchev–Trinajstić information content (AvgIpc) is 2.67. The van der Waals surface area contributed by atoms with Crippen molar-refractivity contribution in [3.8, 4) is 0 Å². The predicted molar refractivity (Wildman–Crippen MR) is 104 cm³/mol. The Morgan fingerprint density at radius 2 is 1.77 bits per heavy atom. The van der Waals surface area contributed by atoms with Crippen molar-refractivity contribution in [1.82, 2.24) is 5.32 Å². The first kappa shape index (κ1) is 18.6. The highest BCUT2D eigenvalue weighted by atomic mass is 35.5. The monoisotopic (exact) mass is 371 g/mol. The van der Waals surface area contributed by atoms with Gasteiger partial charge in [0.05, 0.1) is 13.2 Å². The van der Waals surface area contributed by atoms with E-state index in [0.29, 0.717) is 11.6 Å². The molecule has 1 fully saturated rings. The summed E-state index contributed by atoms with van der Waals surface area (Å²) in [6.07, 6.45) is 3.26. The van der Waals surface area contributed by atoms with E-state index in [1.165, 1.54) is 16.5 Å². The second kappa shape index (κ2) is 9.53. The maximum Gasteiger partial charge on any atom is 0.244 e. The zero-order valence-corrected chi connectivity index (χ0v) is 15.5. The first-order valence-electron chi connectivity index (χ1n) is 8.91. The lowest BCUT2D eigenvalue weighted by Crippen LogP contribution is -3.12. The van der Waals surface area contributed by atoms with Crippen LogP contribution < -0.4 is 10.2 Å². The Labute approximate surface area is 159 Å². The molecule has 1 aliphatic heterocycles. The van der Waals surface area contributed by atoms with E-state index in [0.717, 1.165) is 44.0 Å². The minimum absolute atomic E-state index is 0.126. The Kier molecular flexibility index (Phi) is 6.83. The van der Waals surface area contributed by atoms with Crippen LogP contribution in [-0.4, -0.2) is 32.2 Å². The highest BCUT2D eigenvalue weighted by Crippen LogP contribution is 2.16. The SMILES string of the molecule is O=C(/C=C/c1ccccc1Cl)NCc1ccccc1C[NH+]1CCOCC1. The van der Waals surface area contributed by atoms with E-state index in [-0.39, 0.29) is 5.91 Å². The third kappa shape index (κ3) is 5.43. The van der Waals surface area contributed by atoms with E-state index in [4.69, 9.17) is 16.3 Å². The summed E-state index contributed by atoms with van der Waals surface area (Å²) in [5.41, 5.74) is 3.27. The minimum atomic E-state index is -0.126. The number of morpholine rings is 1. The Morgan fingerprint density at radius 3 is 2.54 bits per heavy atom. The van der Waals surface area contributed by atoms with Crippen molar-refractivity contribution in [1.29, 1.82) is 0 Å². The van der Waals surface area contributed by atoms with Crippen molar-refractivity contribution < 1.29 is 14.4 Å². The van der Waals surface area contributed by atoms with Gasteiger partial charge in [0.15, 0.2) is 0 Å². The van der Waals surface area contributed by atoms with Crippen LogP contribution in [0, 0.1) is 0 Å². The van der Waals surface area contributed by atoms with Gasteiger partial charge >= 0.3 is 0 Å². The van der Waals surface area contributed by atoms with E-state index < -0.39 is 0 Å². The smallest absolute Gasteiger partial charge is 0.244 e. The molecule has 0 atom stereocenters. The van der Waals surface area contributed by atoms with Crippen LogP contribution in [0.1, 0.15) is 16.7 Å². The van der Waals surface area contributed by atoms with Crippen LogP contribution in [0.4, 0.5) is 0 Å². The number of nitrogens with one attached hydrogen (secondary N) is 2. The molecule has 0 saturated carbocycles. The van der Waals surface area contributed by atoms with Crippen molar-refractivity contribution in [2.75, 3.05) is 26.3 Å². The summed E-state index contributed by atoms with van der Waals surface area (Å²) >= 11 is 6.10. The molecule has 0 spiro atoms. The summed E-state index contributed by atoms with van der Waals surface area (Å²) in [5.74, 6) is -0.126. The van der Waals surface area contributed by atoms with Crippen molar-refractivity contribution >= 4 is 23.6 Å². The molecule has 0 radical (unpaired) electrons. The van der Waals surface area contributed by atoms with E-state index in [9.17, 15) is 4.79 Å². The molecule has 2 aromatic carbocycles. The summed E-state index contributed by atoms with van der Waals surface area (Å²) < 4.78 is 5.42. The van der Waals surface area contributed by atoms with Gasteiger partial charge in [-0.25, -0.2) is 0 Å². The summed E-state index contributed by atoms with van der Waals surface area (Å²) in [4.78, 5) is 13.7. The number of ether oxygens (including phenoxy) is 1. The predicted octanol–water partition coefficient (Wildman–Crippen LogP) is 2.08. The molecule has 0 unspecified atom stereocenters. The first-order valence-corrected chi connectivity index (χ1v) is 9.29. The molecule has 26 heavy (non-hydrogen) atoms. The number of hydrogen-bond donors (Lipinski definition) is 2. The first-order chi connectivity index (χ1) is 12.7. The standard InChI is InChI=1S/C21H23ClN2O2/c22-20-8-4-3-5-17(20)9-10-21(25)23-15-18-6-1-2-7-19(18)16-24-11-13-26-14-12-24/h1-10H,11-16H2,(H,23,25)/p+1/b10-9+. The normalized spacial score (nSPS) is 15.3. The van der Waals surface area contributed by atoms with Crippen LogP contribution in [0.5, 0.6) is 0 Å². The molecule has 5 heteroatoms. The molecule has 0 aromatic heterocycles. The zero-order valence-electron chi connectivity index (χ0n) is 14.7. The maximum atomic E-state index is 12.1. The Bertz CT molecular complexity index is 770. The average molecular weight is 372 g/mol. The Hall–Kier alpha value is -2.14. The van der Waals surface area contributed by atoms with E-state index in [1.54, 1.807) is 6.08 Å². The van der Waals surface area contributed by atoms with Crippen molar-refractivity contribution in [3.05, 3.63) is 76.3 Å². The molecule has 0 aliphatic carbocycles. The van der Waals surface area contributed by atoms with Gasteiger partial charge in [0.2, 0.25) is 5.91 Å². The van der Waals surface area contributed by atoms with Crippen LogP contribution in [0.2, 0.25) is 5.02 Å². The van der Waals surface area contributed by atoms with Crippen molar-refractivity contribution in [3.63, 3.8) is 0 Å². The van der Waals surface area contributed by atoms with Crippen LogP contribution in [-0.2, 0) is 22.6 Å². The second-order valence-corrected chi connectivity index (χ2v) is 6.79. The maximum absolute atomic E-state index is 12.1. The molecule has 2 N–H and O–H groups in total. The summed E-state index contributed by atoms with van der Waals surface area (Å²) in [5, 5.41) is 3.60. The zero-order chi connectivity index (χ0) is 18.2. The van der Waals surface area contributed by atoms with Crippen LogP contribution in [0.3, 0.4) is 0 Å². The van der Waals surface area contributed by atoms with Crippen LogP contribution in [0.25, 0.3) is 6.08 Å². The lowest BCUT2D eigenvalue weighted by Gasteiger charge is -2.24. The molecule has 4 nitrogen and oxygen atoms in total. The van der Waals surface area contributed by atoms with Gasteiger partial charge in [-0.1, -0.05) is 54.1 Å². The van der Waals surface area contributed by atoms with Crippen LogP contribution >= 0.6 is 11.6 Å². The number of rotatable bonds is 6. The van der Waals surface area contributed by atoms with E-state index in [2.05, 4.69) is 23.5 Å². The largest absolute Gasteiger partial charge is 0.370 e. The number of benzene rings is 2. The van der Waals surface area contributed by atoms with Gasteiger partial charge in [0, 0.05) is 23.2 Å². The molecule has 3 rings (SSSR count). The molecule has 136 valence electrons. The van der Waals surface area contributed by atoms with Gasteiger partial charge in [-0.05, 0) is 23.3 Å². The summed E-state index contributed by atoms with van der Waals surface area (Å²) in [6.45, 7) is 5.18. The Morgan fingerprint density at radius 1 is 1.08 bits per heavy atom. The highest BCUT2D eigenvalue weighted by molar-refractivity contribution is 6.32. The topological polar surface area (TPSA) is 42.8 Å². The fraction of sp³-hybridized carbons (Fsp3) is 0.286. The Balaban J connectivity index is 1.57. The van der Waals surface area contributed by atoms with Crippen LogP contribution in [0.15, 0.2) is 54.6 Å². The van der Waals surface area contributed by atoms with Gasteiger partial charge in [0.25, 0.3) is 0 Å². The molecule has 1 amide bonds. The van der Waals surface area contributed by atoms with E-state index >= 15 is 0 Å². The third-order valence-electron chi connectivity index (χ3n) is 4.53. The number of quaternary nitrogens is 1.